The van der Waals surface area contributed by atoms with Crippen molar-refractivity contribution >= 4 is 9.84 Å². The first-order valence-electron chi connectivity index (χ1n) is 6.54. The maximum atomic E-state index is 11.9. The summed E-state index contributed by atoms with van der Waals surface area (Å²) in [6, 6.07) is 0. The fourth-order valence-corrected chi connectivity index (χ4v) is 5.22. The van der Waals surface area contributed by atoms with Gasteiger partial charge in [-0.25, -0.2) is 8.42 Å². The van der Waals surface area contributed by atoms with E-state index in [-0.39, 0.29) is 11.3 Å². The lowest BCUT2D eigenvalue weighted by atomic mass is 9.93. The Morgan fingerprint density at radius 3 is 2.35 bits per heavy atom. The number of likely N-dealkylation sites (tertiary alicyclic amines) is 1. The van der Waals surface area contributed by atoms with Gasteiger partial charge in [-0.2, -0.15) is 0 Å². The first kappa shape index (κ1) is 13.3. The third kappa shape index (κ3) is 2.51. The van der Waals surface area contributed by atoms with Crippen LogP contribution in [-0.2, 0) is 9.84 Å². The van der Waals surface area contributed by atoms with Crippen molar-refractivity contribution in [2.24, 2.45) is 17.6 Å². The molecule has 2 fully saturated rings. The average Bonchev–Trinajstić information content (AvgIpc) is 2.58. The van der Waals surface area contributed by atoms with Gasteiger partial charge in [0, 0.05) is 25.2 Å². The van der Waals surface area contributed by atoms with E-state index in [0.717, 1.165) is 25.9 Å². The van der Waals surface area contributed by atoms with Crippen LogP contribution in [0.3, 0.4) is 0 Å². The Hall–Kier alpha value is -0.130. The molecule has 2 saturated heterocycles. The third-order valence-electron chi connectivity index (χ3n) is 4.62. The minimum Gasteiger partial charge on any atom is -0.329 e. The standard InChI is InChI=1S/C12H24N2O2S/c1-10-6-14(7-11(10)2)12(8-13)4-3-5-17(15,16)9-12/h10-11H,3-9,13H2,1-2H3. The van der Waals surface area contributed by atoms with Crippen LogP contribution in [-0.4, -0.2) is 50.0 Å². The van der Waals surface area contributed by atoms with Crippen LogP contribution in [0, 0.1) is 11.8 Å². The fraction of sp³-hybridized carbons (Fsp3) is 1.00. The molecule has 100 valence electrons. The van der Waals surface area contributed by atoms with E-state index in [4.69, 9.17) is 5.73 Å². The van der Waals surface area contributed by atoms with Gasteiger partial charge >= 0.3 is 0 Å². The second-order valence-corrected chi connectivity index (χ2v) is 8.17. The Kier molecular flexibility index (Phi) is 3.54. The molecule has 0 aromatic rings. The van der Waals surface area contributed by atoms with E-state index < -0.39 is 9.84 Å². The maximum absolute atomic E-state index is 11.9. The molecule has 2 aliphatic rings. The van der Waals surface area contributed by atoms with Gasteiger partial charge in [0.25, 0.3) is 0 Å². The Balaban J connectivity index is 2.20. The molecule has 2 heterocycles. The fourth-order valence-electron chi connectivity index (χ4n) is 3.23. The van der Waals surface area contributed by atoms with Gasteiger partial charge < -0.3 is 5.73 Å². The summed E-state index contributed by atoms with van der Waals surface area (Å²) in [7, 11) is -2.90. The molecule has 0 spiro atoms. The van der Waals surface area contributed by atoms with Gasteiger partial charge in [-0.3, -0.25) is 4.90 Å². The quantitative estimate of drug-likeness (QED) is 0.784. The van der Waals surface area contributed by atoms with Gasteiger partial charge in [0.2, 0.25) is 0 Å². The van der Waals surface area contributed by atoms with Crippen LogP contribution in [0.25, 0.3) is 0 Å². The largest absolute Gasteiger partial charge is 0.329 e. The van der Waals surface area contributed by atoms with Crippen molar-refractivity contribution in [2.45, 2.75) is 32.2 Å². The van der Waals surface area contributed by atoms with Gasteiger partial charge in [0.05, 0.1) is 11.5 Å². The van der Waals surface area contributed by atoms with E-state index in [1.807, 2.05) is 0 Å². The lowest BCUT2D eigenvalue weighted by molar-refractivity contribution is 0.123. The minimum absolute atomic E-state index is 0.260. The van der Waals surface area contributed by atoms with Gasteiger partial charge in [-0.05, 0) is 24.7 Å². The molecular weight excluding hydrogens is 236 g/mol. The summed E-state index contributed by atoms with van der Waals surface area (Å²) in [6.07, 6.45) is 1.70. The number of nitrogens with two attached hydrogens (primary N) is 1. The molecule has 0 radical (unpaired) electrons. The van der Waals surface area contributed by atoms with Gasteiger partial charge in [0.15, 0.2) is 9.84 Å². The lowest BCUT2D eigenvalue weighted by Crippen LogP contribution is -2.59. The topological polar surface area (TPSA) is 63.4 Å². The lowest BCUT2D eigenvalue weighted by Gasteiger charge is -2.43. The SMILES string of the molecule is CC1CN(C2(CN)CCCS(=O)(=O)C2)CC1C. The Labute approximate surface area is 104 Å². The van der Waals surface area contributed by atoms with Crippen molar-refractivity contribution < 1.29 is 8.42 Å². The summed E-state index contributed by atoms with van der Waals surface area (Å²) in [6.45, 7) is 6.94. The van der Waals surface area contributed by atoms with E-state index in [2.05, 4.69) is 18.7 Å². The van der Waals surface area contributed by atoms with Crippen molar-refractivity contribution in [1.82, 2.24) is 4.90 Å². The van der Waals surface area contributed by atoms with Crippen LogP contribution in [0.5, 0.6) is 0 Å². The summed E-state index contributed by atoms with van der Waals surface area (Å²) in [5.74, 6) is 1.88. The van der Waals surface area contributed by atoms with Gasteiger partial charge in [-0.15, -0.1) is 0 Å². The molecular formula is C12H24N2O2S. The van der Waals surface area contributed by atoms with Gasteiger partial charge in [0.1, 0.15) is 0 Å². The summed E-state index contributed by atoms with van der Waals surface area (Å²) in [4.78, 5) is 2.35. The van der Waals surface area contributed by atoms with Crippen LogP contribution in [0.15, 0.2) is 0 Å². The smallest absolute Gasteiger partial charge is 0.152 e. The van der Waals surface area contributed by atoms with Crippen molar-refractivity contribution in [2.75, 3.05) is 31.1 Å². The Bertz CT molecular complexity index is 372. The molecule has 2 N–H and O–H groups in total. The van der Waals surface area contributed by atoms with Crippen molar-refractivity contribution in [3.63, 3.8) is 0 Å². The first-order chi connectivity index (χ1) is 7.88. The highest BCUT2D eigenvalue weighted by Gasteiger charge is 2.45. The molecule has 0 aliphatic carbocycles. The maximum Gasteiger partial charge on any atom is 0.152 e. The Morgan fingerprint density at radius 2 is 1.88 bits per heavy atom. The number of hydrogen-bond acceptors (Lipinski definition) is 4. The monoisotopic (exact) mass is 260 g/mol. The molecule has 0 saturated carbocycles. The zero-order valence-electron chi connectivity index (χ0n) is 10.9. The highest BCUT2D eigenvalue weighted by Crippen LogP contribution is 2.34. The number of nitrogens with zero attached hydrogens (tertiary/aromatic N) is 1. The molecule has 4 nitrogen and oxygen atoms in total. The molecule has 3 atom stereocenters. The number of hydrogen-bond donors (Lipinski definition) is 1. The zero-order chi connectivity index (χ0) is 12.7. The Morgan fingerprint density at radius 1 is 1.29 bits per heavy atom. The van der Waals surface area contributed by atoms with E-state index in [1.165, 1.54) is 0 Å². The number of rotatable bonds is 2. The van der Waals surface area contributed by atoms with Crippen LogP contribution in [0.4, 0.5) is 0 Å². The van der Waals surface area contributed by atoms with E-state index in [1.54, 1.807) is 0 Å². The van der Waals surface area contributed by atoms with Crippen LogP contribution >= 0.6 is 0 Å². The normalized spacial score (nSPS) is 42.8. The summed E-state index contributed by atoms with van der Waals surface area (Å²) in [5, 5.41) is 0. The summed E-state index contributed by atoms with van der Waals surface area (Å²) in [5.41, 5.74) is 5.64. The van der Waals surface area contributed by atoms with Crippen molar-refractivity contribution in [3.05, 3.63) is 0 Å². The highest BCUT2D eigenvalue weighted by atomic mass is 32.2. The molecule has 0 bridgehead atoms. The van der Waals surface area contributed by atoms with Crippen LogP contribution in [0.2, 0.25) is 0 Å². The highest BCUT2D eigenvalue weighted by molar-refractivity contribution is 7.91. The van der Waals surface area contributed by atoms with Gasteiger partial charge in [-0.1, -0.05) is 13.8 Å². The van der Waals surface area contributed by atoms with E-state index in [9.17, 15) is 8.42 Å². The zero-order valence-corrected chi connectivity index (χ0v) is 11.7. The summed E-state index contributed by atoms with van der Waals surface area (Å²) < 4.78 is 23.7. The van der Waals surface area contributed by atoms with E-state index in [0.29, 0.717) is 24.1 Å². The summed E-state index contributed by atoms with van der Waals surface area (Å²) >= 11 is 0. The first-order valence-corrected chi connectivity index (χ1v) is 8.36. The molecule has 2 aliphatic heterocycles. The molecule has 2 rings (SSSR count). The second kappa shape index (κ2) is 4.52. The average molecular weight is 260 g/mol. The molecule has 0 aromatic carbocycles. The third-order valence-corrected chi connectivity index (χ3v) is 6.51. The second-order valence-electron chi connectivity index (χ2n) is 5.98. The molecule has 0 aromatic heterocycles. The van der Waals surface area contributed by atoms with Crippen molar-refractivity contribution in [3.8, 4) is 0 Å². The molecule has 0 amide bonds. The predicted octanol–water partition coefficient (Wildman–Crippen LogP) is 0.480. The van der Waals surface area contributed by atoms with Crippen molar-refractivity contribution in [1.29, 1.82) is 0 Å². The van der Waals surface area contributed by atoms with E-state index >= 15 is 0 Å². The molecule has 3 unspecified atom stereocenters. The van der Waals surface area contributed by atoms with Crippen LogP contribution in [0.1, 0.15) is 26.7 Å². The minimum atomic E-state index is -2.90. The van der Waals surface area contributed by atoms with Crippen LogP contribution < -0.4 is 5.73 Å². The molecule has 17 heavy (non-hydrogen) atoms. The molecule has 5 heteroatoms. The predicted molar refractivity (Wildman–Crippen MR) is 69.6 cm³/mol. The number of sulfone groups is 1.